The van der Waals surface area contributed by atoms with E-state index < -0.39 is 20.0 Å². The number of hydrogen-bond donors (Lipinski definition) is 1. The molecule has 0 aliphatic carbocycles. The molecule has 1 N–H and O–H groups in total. The Morgan fingerprint density at radius 3 is 2.00 bits per heavy atom. The number of rotatable bonds is 4. The normalized spacial score (nSPS) is 14.4. The maximum atomic E-state index is 10.8. The Hall–Kier alpha value is 0.290. The third-order valence-corrected chi connectivity index (χ3v) is 5.51. The van der Waals surface area contributed by atoms with Crippen LogP contribution in [-0.2, 0) is 20.0 Å². The summed E-state index contributed by atoms with van der Waals surface area (Å²) < 4.78 is 43.9. The van der Waals surface area contributed by atoms with E-state index in [-0.39, 0.29) is 14.1 Å². The van der Waals surface area contributed by atoms with Crippen molar-refractivity contribution in [2.45, 2.75) is 0 Å². The van der Waals surface area contributed by atoms with Gasteiger partial charge in [-0.2, -0.15) is 0 Å². The predicted octanol–water partition coefficient (Wildman–Crippen LogP) is -0.869. The van der Waals surface area contributed by atoms with Gasteiger partial charge in [0.05, 0.1) is 11.7 Å². The smallest absolute Gasteiger partial charge is 0.212 e. The Bertz CT molecular complexity index is 304. The highest BCUT2D eigenvalue weighted by Crippen LogP contribution is 2.05. The van der Waals surface area contributed by atoms with Crippen molar-refractivity contribution in [3.63, 3.8) is 0 Å². The van der Waals surface area contributed by atoms with Gasteiger partial charge in [0.1, 0.15) is 0 Å². The van der Waals surface area contributed by atoms with Crippen molar-refractivity contribution in [3.8, 4) is 0 Å². The maximum Gasteiger partial charge on any atom is 0.228 e. The fraction of sp³-hybridized carbons (Fsp3) is 1.00. The van der Waals surface area contributed by atoms with Crippen molar-refractivity contribution in [2.24, 2.45) is 0 Å². The molecule has 0 rings (SSSR count). The van der Waals surface area contributed by atoms with E-state index in [2.05, 4.69) is 0 Å². The molecule has 0 bridgehead atoms. The molecule has 0 radical (unpaired) electrons. The highest BCUT2D eigenvalue weighted by Gasteiger charge is 2.14. The first-order valence-electron chi connectivity index (χ1n) is 2.63. The molecule has 0 amide bonds. The summed E-state index contributed by atoms with van der Waals surface area (Å²) in [6.45, 7) is 1.68. The van der Waals surface area contributed by atoms with E-state index in [0.29, 0.717) is 0 Å². The molecule has 0 saturated heterocycles. The van der Waals surface area contributed by atoms with Crippen LogP contribution in [0.15, 0.2) is 0 Å². The van der Waals surface area contributed by atoms with Gasteiger partial charge in [-0.1, -0.05) is 0 Å². The lowest BCUT2D eigenvalue weighted by Gasteiger charge is -2.01. The lowest BCUT2D eigenvalue weighted by Crippen LogP contribution is -2.30. The zero-order chi connectivity index (χ0) is 9.12. The molecule has 0 aromatic carbocycles. The molecule has 0 aromatic rings. The minimum Gasteiger partial charge on any atom is -0.212 e. The van der Waals surface area contributed by atoms with Crippen LogP contribution in [0.2, 0.25) is 0 Å². The lowest BCUT2D eigenvalue weighted by atomic mass is 11.9. The minimum atomic E-state index is -3.64. The Kier molecular flexibility index (Phi) is 3.90. The summed E-state index contributed by atoms with van der Waals surface area (Å²) in [6, 6.07) is 0. The van der Waals surface area contributed by atoms with Crippen LogP contribution in [0.3, 0.4) is 0 Å². The first-order chi connectivity index (χ1) is 4.77. The monoisotopic (exact) mass is 219 g/mol. The number of nitrogens with one attached hydrogen (secondary N) is 1. The molecule has 0 saturated carbocycles. The molecular formula is C3H10NO4PS2. The molecule has 5 nitrogen and oxygen atoms in total. The van der Waals surface area contributed by atoms with Crippen molar-refractivity contribution in [1.29, 1.82) is 0 Å². The highest BCUT2D eigenvalue weighted by molar-refractivity contribution is 8.06. The zero-order valence-corrected chi connectivity index (χ0v) is 8.79. The van der Waals surface area contributed by atoms with E-state index in [1.54, 1.807) is 10.8 Å². The molecule has 0 heterocycles. The Morgan fingerprint density at radius 2 is 1.73 bits per heavy atom. The maximum absolute atomic E-state index is 10.8. The van der Waals surface area contributed by atoms with Crippen LogP contribution in [0.5, 0.6) is 0 Å². The third kappa shape index (κ3) is 6.68. The average molecular weight is 219 g/mol. The van der Waals surface area contributed by atoms with E-state index in [0.717, 1.165) is 6.26 Å². The summed E-state index contributed by atoms with van der Waals surface area (Å²) in [4.78, 5) is 0. The summed E-state index contributed by atoms with van der Waals surface area (Å²) in [6.07, 6.45) is 0.809. The van der Waals surface area contributed by atoms with E-state index in [1.165, 1.54) is 0 Å². The molecule has 0 aliphatic heterocycles. The molecule has 8 heteroatoms. The van der Waals surface area contributed by atoms with Crippen LogP contribution in [0.1, 0.15) is 0 Å². The molecule has 0 fully saturated rings. The summed E-state index contributed by atoms with van der Waals surface area (Å²) >= 11 is 0. The number of sulfonamides is 2. The van der Waals surface area contributed by atoms with Gasteiger partial charge < -0.3 is 0 Å². The van der Waals surface area contributed by atoms with Crippen LogP contribution >= 0.6 is 8.58 Å². The van der Waals surface area contributed by atoms with Crippen molar-refractivity contribution in [3.05, 3.63) is 0 Å². The highest BCUT2D eigenvalue weighted by atomic mass is 32.3. The Labute approximate surface area is 68.5 Å². The van der Waals surface area contributed by atoms with Crippen LogP contribution in [0.25, 0.3) is 0 Å². The fourth-order valence-electron chi connectivity index (χ4n) is 0.450. The van der Waals surface area contributed by atoms with Gasteiger partial charge in [-0.15, -0.1) is 12.7 Å². The van der Waals surface area contributed by atoms with Gasteiger partial charge >= 0.3 is 0 Å². The van der Waals surface area contributed by atoms with Gasteiger partial charge in [0, 0.05) is 0 Å². The molecular weight excluding hydrogens is 209 g/mol. The summed E-state index contributed by atoms with van der Waals surface area (Å²) in [5.74, 6) is 0. The Morgan fingerprint density at radius 1 is 1.27 bits per heavy atom. The van der Waals surface area contributed by atoms with E-state index in [1.807, 2.05) is 0 Å². The quantitative estimate of drug-likeness (QED) is 0.623. The molecule has 68 valence electrons. The van der Waals surface area contributed by atoms with Crippen LogP contribution in [0, 0.1) is 0 Å². The first kappa shape index (κ1) is 11.3. The topological polar surface area (TPSA) is 80.3 Å². The van der Waals surface area contributed by atoms with Gasteiger partial charge in [-0.05, 0) is 6.66 Å². The van der Waals surface area contributed by atoms with Crippen molar-refractivity contribution in [2.75, 3.05) is 18.4 Å². The van der Waals surface area contributed by atoms with Crippen LogP contribution in [-0.4, -0.2) is 35.3 Å². The second-order valence-corrected chi connectivity index (χ2v) is 7.27. The summed E-state index contributed by atoms with van der Waals surface area (Å²) in [7, 11) is -7.07. The predicted molar refractivity (Wildman–Crippen MR) is 46.0 cm³/mol. The second kappa shape index (κ2) is 3.80. The van der Waals surface area contributed by atoms with E-state index in [9.17, 15) is 16.8 Å². The SMILES string of the molecule is CPCS(=O)(=O)NS(C)(=O)=O. The standard InChI is InChI=1S/C3H10NO4PS2/c1-9-3-11(7,8)4-10(2,5)6/h4,9H,3H2,1-2H3. The lowest BCUT2D eigenvalue weighted by molar-refractivity contribution is 0.583. The summed E-state index contributed by atoms with van der Waals surface area (Å²) in [5, 5.41) is 0. The van der Waals surface area contributed by atoms with Crippen LogP contribution < -0.4 is 4.13 Å². The average Bonchev–Trinajstić information content (AvgIpc) is 1.55. The van der Waals surface area contributed by atoms with Crippen molar-refractivity contribution < 1.29 is 16.8 Å². The number of hydrogen-bond acceptors (Lipinski definition) is 4. The molecule has 11 heavy (non-hydrogen) atoms. The Balaban J connectivity index is 4.40. The van der Waals surface area contributed by atoms with Gasteiger partial charge in [-0.3, -0.25) is 0 Å². The first-order valence-corrected chi connectivity index (χ1v) is 7.88. The van der Waals surface area contributed by atoms with Gasteiger partial charge in [-0.25, -0.2) is 16.8 Å². The molecule has 0 aliphatic rings. The fourth-order valence-corrected chi connectivity index (χ4v) is 4.58. The molecule has 0 aromatic heterocycles. The van der Waals surface area contributed by atoms with Crippen molar-refractivity contribution >= 4 is 28.6 Å². The largest absolute Gasteiger partial charge is 0.228 e. The van der Waals surface area contributed by atoms with Crippen LogP contribution in [0.4, 0.5) is 0 Å². The van der Waals surface area contributed by atoms with Gasteiger partial charge in [0.15, 0.2) is 0 Å². The van der Waals surface area contributed by atoms with Crippen molar-refractivity contribution in [1.82, 2.24) is 4.13 Å². The van der Waals surface area contributed by atoms with E-state index >= 15 is 0 Å². The van der Waals surface area contributed by atoms with Gasteiger partial charge in [0.2, 0.25) is 20.0 Å². The summed E-state index contributed by atoms with van der Waals surface area (Å²) in [5.41, 5.74) is -0.139. The minimum absolute atomic E-state index is 0.139. The third-order valence-electron chi connectivity index (χ3n) is 0.613. The van der Waals surface area contributed by atoms with E-state index in [4.69, 9.17) is 0 Å². The van der Waals surface area contributed by atoms with Gasteiger partial charge in [0.25, 0.3) is 0 Å². The molecule has 1 unspecified atom stereocenters. The molecule has 0 spiro atoms. The second-order valence-electron chi connectivity index (χ2n) is 1.97. The zero-order valence-electron chi connectivity index (χ0n) is 6.16. The molecule has 1 atom stereocenters.